The molecule has 1 aromatic heterocycles. The van der Waals surface area contributed by atoms with Gasteiger partial charge < -0.3 is 0 Å². The summed E-state index contributed by atoms with van der Waals surface area (Å²) in [5.74, 6) is 0.434. The average molecular weight is 451 g/mol. The number of alkyl halides is 1. The highest BCUT2D eigenvalue weighted by Gasteiger charge is 2.17. The van der Waals surface area contributed by atoms with E-state index in [2.05, 4.69) is 77.2 Å². The molecule has 0 saturated carbocycles. The molecule has 0 saturated heterocycles. The highest BCUT2D eigenvalue weighted by molar-refractivity contribution is 9.11. The van der Waals surface area contributed by atoms with Crippen molar-refractivity contribution in [2.45, 2.75) is 19.3 Å². The zero-order chi connectivity index (χ0) is 14.0. The molecule has 2 nitrogen and oxygen atoms in total. The maximum atomic E-state index is 4.45. The lowest BCUT2D eigenvalue weighted by molar-refractivity contribution is 0.659. The van der Waals surface area contributed by atoms with Crippen molar-refractivity contribution in [3.63, 3.8) is 0 Å². The van der Waals surface area contributed by atoms with Crippen molar-refractivity contribution in [2.75, 3.05) is 5.33 Å². The fraction of sp³-hybridized carbons (Fsp3) is 0.357. The zero-order valence-electron chi connectivity index (χ0n) is 10.8. The first-order chi connectivity index (χ1) is 9.02. The van der Waals surface area contributed by atoms with Crippen LogP contribution in [0.3, 0.4) is 0 Å². The van der Waals surface area contributed by atoms with Crippen molar-refractivity contribution in [2.24, 2.45) is 7.05 Å². The van der Waals surface area contributed by atoms with Crippen molar-refractivity contribution >= 4 is 47.8 Å². The molecule has 1 unspecified atom stereocenters. The Bertz CT molecular complexity index is 578. The minimum Gasteiger partial charge on any atom is -0.271 e. The molecule has 2 rings (SSSR count). The Morgan fingerprint density at radius 3 is 2.58 bits per heavy atom. The molecule has 0 radical (unpaired) electrons. The van der Waals surface area contributed by atoms with Gasteiger partial charge in [0.1, 0.15) is 0 Å². The molecule has 0 fully saturated rings. The van der Waals surface area contributed by atoms with Crippen LogP contribution in [0.2, 0.25) is 0 Å². The number of hydrogen-bond donors (Lipinski definition) is 0. The molecule has 102 valence electrons. The Morgan fingerprint density at radius 1 is 1.32 bits per heavy atom. The van der Waals surface area contributed by atoms with Crippen molar-refractivity contribution in [1.82, 2.24) is 9.78 Å². The Hall–Kier alpha value is -0.130. The number of halogens is 3. The van der Waals surface area contributed by atoms with Crippen LogP contribution in [-0.2, 0) is 13.5 Å². The van der Waals surface area contributed by atoms with Gasteiger partial charge in [-0.25, -0.2) is 0 Å². The summed E-state index contributed by atoms with van der Waals surface area (Å²) >= 11 is 10.8. The molecule has 0 spiro atoms. The van der Waals surface area contributed by atoms with Crippen LogP contribution in [0.4, 0.5) is 0 Å². The molecule has 0 aliphatic rings. The minimum absolute atomic E-state index is 0.434. The summed E-state index contributed by atoms with van der Waals surface area (Å²) in [6.07, 6.45) is 0.958. The van der Waals surface area contributed by atoms with Crippen molar-refractivity contribution in [3.05, 3.63) is 50.2 Å². The van der Waals surface area contributed by atoms with Crippen LogP contribution in [0.5, 0.6) is 0 Å². The second kappa shape index (κ2) is 6.55. The third-order valence-electron chi connectivity index (χ3n) is 3.21. The molecule has 19 heavy (non-hydrogen) atoms. The summed E-state index contributed by atoms with van der Waals surface area (Å²) in [5, 5.41) is 5.39. The third-order valence-corrected chi connectivity index (χ3v) is 5.51. The van der Waals surface area contributed by atoms with E-state index in [1.165, 1.54) is 11.3 Å². The number of rotatable bonds is 4. The van der Waals surface area contributed by atoms with E-state index >= 15 is 0 Å². The first kappa shape index (κ1) is 15.3. The van der Waals surface area contributed by atoms with E-state index in [1.54, 1.807) is 0 Å². The summed E-state index contributed by atoms with van der Waals surface area (Å²) in [4.78, 5) is 0. The second-order valence-corrected chi connectivity index (χ2v) is 6.94. The van der Waals surface area contributed by atoms with Gasteiger partial charge >= 0.3 is 0 Å². The topological polar surface area (TPSA) is 17.8 Å². The predicted molar refractivity (Wildman–Crippen MR) is 90.0 cm³/mol. The lowest BCUT2D eigenvalue weighted by Crippen LogP contribution is -2.08. The van der Waals surface area contributed by atoms with Gasteiger partial charge in [0, 0.05) is 16.9 Å². The number of aromatic nitrogens is 2. The van der Waals surface area contributed by atoms with Crippen LogP contribution in [0, 0.1) is 6.92 Å². The molecule has 0 aliphatic carbocycles. The van der Waals surface area contributed by atoms with E-state index in [4.69, 9.17) is 0 Å². The van der Waals surface area contributed by atoms with Gasteiger partial charge in [-0.2, -0.15) is 5.10 Å². The average Bonchev–Trinajstić information content (AvgIpc) is 2.61. The molecule has 0 amide bonds. The first-order valence-electron chi connectivity index (χ1n) is 6.02. The van der Waals surface area contributed by atoms with E-state index in [0.29, 0.717) is 5.92 Å². The SMILES string of the molecule is Cc1nn(C)c(CC(CBr)c2cccc(Br)c2)c1Br. The van der Waals surface area contributed by atoms with Gasteiger partial charge in [0.05, 0.1) is 15.9 Å². The molecular weight excluding hydrogens is 436 g/mol. The largest absolute Gasteiger partial charge is 0.271 e. The van der Waals surface area contributed by atoms with E-state index in [1.807, 2.05) is 18.7 Å². The molecule has 5 heteroatoms. The van der Waals surface area contributed by atoms with Crippen molar-refractivity contribution in [1.29, 1.82) is 0 Å². The molecule has 0 N–H and O–H groups in total. The molecule has 0 bridgehead atoms. The monoisotopic (exact) mass is 448 g/mol. The summed E-state index contributed by atoms with van der Waals surface area (Å²) < 4.78 is 4.21. The van der Waals surface area contributed by atoms with E-state index in [0.717, 1.165) is 26.4 Å². The van der Waals surface area contributed by atoms with E-state index in [-0.39, 0.29) is 0 Å². The van der Waals surface area contributed by atoms with Gasteiger partial charge in [-0.05, 0) is 52.9 Å². The Morgan fingerprint density at radius 2 is 2.05 bits per heavy atom. The number of benzene rings is 1. The zero-order valence-corrected chi connectivity index (χ0v) is 15.6. The highest BCUT2D eigenvalue weighted by atomic mass is 79.9. The fourth-order valence-corrected chi connectivity index (χ4v) is 3.67. The van der Waals surface area contributed by atoms with Crippen LogP contribution in [0.1, 0.15) is 22.9 Å². The Kier molecular flexibility index (Phi) is 5.26. The number of hydrogen-bond acceptors (Lipinski definition) is 1. The highest BCUT2D eigenvalue weighted by Crippen LogP contribution is 2.29. The van der Waals surface area contributed by atoms with Gasteiger partial charge in [-0.15, -0.1) is 0 Å². The fourth-order valence-electron chi connectivity index (χ4n) is 2.16. The summed E-state index contributed by atoms with van der Waals surface area (Å²) in [5.41, 5.74) is 3.61. The predicted octanol–water partition coefficient (Wildman–Crippen LogP) is 4.97. The summed E-state index contributed by atoms with van der Waals surface area (Å²) in [6, 6.07) is 8.49. The Balaban J connectivity index is 2.29. The minimum atomic E-state index is 0.434. The summed E-state index contributed by atoms with van der Waals surface area (Å²) in [6.45, 7) is 2.02. The van der Waals surface area contributed by atoms with Gasteiger partial charge in [-0.1, -0.05) is 44.0 Å². The molecule has 1 heterocycles. The maximum absolute atomic E-state index is 4.45. The molecule has 0 aliphatic heterocycles. The lowest BCUT2D eigenvalue weighted by atomic mass is 9.96. The second-order valence-electron chi connectivity index (χ2n) is 4.58. The quantitative estimate of drug-likeness (QED) is 0.601. The van der Waals surface area contributed by atoms with E-state index in [9.17, 15) is 0 Å². The third kappa shape index (κ3) is 3.50. The maximum Gasteiger partial charge on any atom is 0.0738 e. The Labute approximate surface area is 139 Å². The number of aryl methyl sites for hydroxylation is 2. The van der Waals surface area contributed by atoms with E-state index < -0.39 is 0 Å². The van der Waals surface area contributed by atoms with Crippen LogP contribution in [0.15, 0.2) is 33.2 Å². The van der Waals surface area contributed by atoms with Gasteiger partial charge in [0.25, 0.3) is 0 Å². The standard InChI is InChI=1S/C14H15Br3N2/c1-9-14(17)13(19(2)18-9)7-11(8-15)10-4-3-5-12(16)6-10/h3-6,11H,7-8H2,1-2H3. The van der Waals surface area contributed by atoms with Crippen molar-refractivity contribution < 1.29 is 0 Å². The van der Waals surface area contributed by atoms with Crippen molar-refractivity contribution in [3.8, 4) is 0 Å². The van der Waals surface area contributed by atoms with Gasteiger partial charge in [0.15, 0.2) is 0 Å². The van der Waals surface area contributed by atoms with Crippen LogP contribution in [0.25, 0.3) is 0 Å². The normalized spacial score (nSPS) is 12.7. The molecule has 2 aromatic rings. The smallest absolute Gasteiger partial charge is 0.0738 e. The lowest BCUT2D eigenvalue weighted by Gasteiger charge is -2.15. The summed E-state index contributed by atoms with van der Waals surface area (Å²) in [7, 11) is 2.00. The molecule has 1 aromatic carbocycles. The number of nitrogens with zero attached hydrogens (tertiary/aromatic N) is 2. The van der Waals surface area contributed by atoms with Gasteiger partial charge in [0.2, 0.25) is 0 Å². The van der Waals surface area contributed by atoms with Gasteiger partial charge in [-0.3, -0.25) is 4.68 Å². The van der Waals surface area contributed by atoms with Crippen LogP contribution < -0.4 is 0 Å². The van der Waals surface area contributed by atoms with Crippen LogP contribution in [-0.4, -0.2) is 15.1 Å². The molecular formula is C14H15Br3N2. The first-order valence-corrected chi connectivity index (χ1v) is 8.73. The molecule has 1 atom stereocenters. The van der Waals surface area contributed by atoms with Crippen LogP contribution >= 0.6 is 47.8 Å².